The standard InChI is InChI=1S/C10H11F3O2S/c1-15-7-3-2-4-8(5-7)16-6-9(14)10(11,12)13/h2-5,9,14H,6H2,1H3. The van der Waals surface area contributed by atoms with E-state index in [1.165, 1.54) is 7.11 Å². The molecule has 1 aromatic rings. The number of aliphatic hydroxyl groups is 1. The number of halogens is 3. The highest BCUT2D eigenvalue weighted by Gasteiger charge is 2.37. The van der Waals surface area contributed by atoms with Crippen LogP contribution in [0.15, 0.2) is 29.2 Å². The van der Waals surface area contributed by atoms with Crippen molar-refractivity contribution >= 4 is 11.8 Å². The van der Waals surface area contributed by atoms with Gasteiger partial charge in [0.2, 0.25) is 0 Å². The topological polar surface area (TPSA) is 29.5 Å². The Balaban J connectivity index is 2.54. The zero-order valence-electron chi connectivity index (χ0n) is 8.49. The van der Waals surface area contributed by atoms with E-state index in [9.17, 15) is 13.2 Å². The third-order valence-corrected chi connectivity index (χ3v) is 2.90. The van der Waals surface area contributed by atoms with Crippen molar-refractivity contribution in [3.8, 4) is 5.75 Å². The van der Waals surface area contributed by atoms with Gasteiger partial charge in [-0.25, -0.2) is 0 Å². The zero-order chi connectivity index (χ0) is 12.2. The second-order valence-corrected chi connectivity index (χ2v) is 4.14. The van der Waals surface area contributed by atoms with Crippen molar-refractivity contribution in [3.05, 3.63) is 24.3 Å². The largest absolute Gasteiger partial charge is 0.497 e. The minimum Gasteiger partial charge on any atom is -0.497 e. The SMILES string of the molecule is COc1cccc(SCC(O)C(F)(F)F)c1. The van der Waals surface area contributed by atoms with Gasteiger partial charge in [0, 0.05) is 10.6 Å². The number of aliphatic hydroxyl groups excluding tert-OH is 1. The van der Waals surface area contributed by atoms with E-state index in [4.69, 9.17) is 9.84 Å². The molecule has 0 aliphatic carbocycles. The number of methoxy groups -OCH3 is 1. The van der Waals surface area contributed by atoms with E-state index >= 15 is 0 Å². The molecule has 0 aliphatic rings. The van der Waals surface area contributed by atoms with E-state index in [-0.39, 0.29) is 0 Å². The average Bonchev–Trinajstić information content (AvgIpc) is 2.25. The Labute approximate surface area is 95.4 Å². The molecule has 0 amide bonds. The number of benzene rings is 1. The van der Waals surface area contributed by atoms with Crippen molar-refractivity contribution in [1.29, 1.82) is 0 Å². The lowest BCUT2D eigenvalue weighted by atomic mass is 10.3. The van der Waals surface area contributed by atoms with Gasteiger partial charge in [-0.05, 0) is 18.2 Å². The summed E-state index contributed by atoms with van der Waals surface area (Å²) < 4.78 is 41.0. The predicted octanol–water partition coefficient (Wildman–Crippen LogP) is 2.71. The number of alkyl halides is 3. The van der Waals surface area contributed by atoms with Gasteiger partial charge in [-0.15, -0.1) is 11.8 Å². The van der Waals surface area contributed by atoms with Gasteiger partial charge in [-0.1, -0.05) is 6.07 Å². The molecule has 0 fully saturated rings. The Bertz CT molecular complexity index is 341. The summed E-state index contributed by atoms with van der Waals surface area (Å²) in [6, 6.07) is 6.66. The van der Waals surface area contributed by atoms with E-state index < -0.39 is 18.0 Å². The number of hydrogen-bond donors (Lipinski definition) is 1. The number of hydrogen-bond acceptors (Lipinski definition) is 3. The Morgan fingerprint density at radius 2 is 2.12 bits per heavy atom. The second-order valence-electron chi connectivity index (χ2n) is 3.05. The summed E-state index contributed by atoms with van der Waals surface area (Å²) >= 11 is 0.935. The Morgan fingerprint density at radius 1 is 1.44 bits per heavy atom. The molecule has 0 saturated heterocycles. The van der Waals surface area contributed by atoms with E-state index in [0.29, 0.717) is 10.6 Å². The maximum atomic E-state index is 12.0. The third-order valence-electron chi connectivity index (χ3n) is 1.83. The molecule has 1 atom stereocenters. The Hall–Kier alpha value is -0.880. The first-order chi connectivity index (χ1) is 7.43. The lowest BCUT2D eigenvalue weighted by molar-refractivity contribution is -0.195. The van der Waals surface area contributed by atoms with Gasteiger partial charge < -0.3 is 9.84 Å². The molecular weight excluding hydrogens is 241 g/mol. The molecular formula is C10H11F3O2S. The minimum absolute atomic E-state index is 0.420. The van der Waals surface area contributed by atoms with Crippen molar-refractivity contribution in [3.63, 3.8) is 0 Å². The number of rotatable bonds is 4. The van der Waals surface area contributed by atoms with Gasteiger partial charge in [0.25, 0.3) is 0 Å². The van der Waals surface area contributed by atoms with Crippen molar-refractivity contribution < 1.29 is 23.0 Å². The van der Waals surface area contributed by atoms with Crippen molar-refractivity contribution in [1.82, 2.24) is 0 Å². The fourth-order valence-corrected chi connectivity index (χ4v) is 1.87. The van der Waals surface area contributed by atoms with Crippen molar-refractivity contribution in [2.75, 3.05) is 12.9 Å². The summed E-state index contributed by atoms with van der Waals surface area (Å²) in [5.74, 6) is 0.155. The monoisotopic (exact) mass is 252 g/mol. The lowest BCUT2D eigenvalue weighted by Gasteiger charge is -2.13. The molecule has 0 bridgehead atoms. The summed E-state index contributed by atoms with van der Waals surface area (Å²) in [6.45, 7) is 0. The van der Waals surface area contributed by atoms with Crippen LogP contribution in [0.25, 0.3) is 0 Å². The molecule has 1 unspecified atom stereocenters. The van der Waals surface area contributed by atoms with Crippen LogP contribution in [0.2, 0.25) is 0 Å². The molecule has 1 rings (SSSR count). The molecule has 0 aromatic heterocycles. The summed E-state index contributed by atoms with van der Waals surface area (Å²) in [5, 5.41) is 8.80. The molecule has 0 spiro atoms. The molecule has 0 saturated carbocycles. The molecule has 2 nitrogen and oxygen atoms in total. The first-order valence-corrected chi connectivity index (χ1v) is 5.43. The highest BCUT2D eigenvalue weighted by molar-refractivity contribution is 7.99. The predicted molar refractivity (Wildman–Crippen MR) is 55.8 cm³/mol. The summed E-state index contributed by atoms with van der Waals surface area (Å²) in [5.41, 5.74) is 0. The van der Waals surface area contributed by atoms with Gasteiger partial charge in [0.05, 0.1) is 7.11 Å². The Morgan fingerprint density at radius 3 is 2.69 bits per heavy atom. The molecule has 90 valence electrons. The van der Waals surface area contributed by atoms with E-state index in [1.54, 1.807) is 24.3 Å². The normalized spacial score (nSPS) is 13.6. The zero-order valence-corrected chi connectivity index (χ0v) is 9.31. The summed E-state index contributed by atoms with van der Waals surface area (Å²) in [7, 11) is 1.48. The van der Waals surface area contributed by atoms with Crippen molar-refractivity contribution in [2.45, 2.75) is 17.2 Å². The molecule has 0 radical (unpaired) electrons. The van der Waals surface area contributed by atoms with Crippen LogP contribution in [-0.2, 0) is 0 Å². The van der Waals surface area contributed by atoms with E-state index in [2.05, 4.69) is 0 Å². The summed E-state index contributed by atoms with van der Waals surface area (Å²) in [4.78, 5) is 0.627. The molecule has 0 heterocycles. The maximum absolute atomic E-state index is 12.0. The molecule has 1 aromatic carbocycles. The molecule has 0 aliphatic heterocycles. The lowest BCUT2D eigenvalue weighted by Crippen LogP contribution is -2.30. The molecule has 16 heavy (non-hydrogen) atoms. The van der Waals surface area contributed by atoms with Gasteiger partial charge in [-0.3, -0.25) is 0 Å². The average molecular weight is 252 g/mol. The maximum Gasteiger partial charge on any atom is 0.415 e. The number of thioether (sulfide) groups is 1. The minimum atomic E-state index is -4.56. The Kier molecular flexibility index (Phi) is 4.49. The van der Waals surface area contributed by atoms with Crippen LogP contribution < -0.4 is 4.74 Å². The smallest absolute Gasteiger partial charge is 0.415 e. The van der Waals surface area contributed by atoms with Gasteiger partial charge in [0.15, 0.2) is 6.10 Å². The highest BCUT2D eigenvalue weighted by atomic mass is 32.2. The van der Waals surface area contributed by atoms with Crippen LogP contribution in [0.4, 0.5) is 13.2 Å². The fraction of sp³-hybridized carbons (Fsp3) is 0.400. The van der Waals surface area contributed by atoms with Crippen LogP contribution in [-0.4, -0.2) is 30.2 Å². The van der Waals surface area contributed by atoms with Gasteiger partial charge >= 0.3 is 6.18 Å². The van der Waals surface area contributed by atoms with E-state index in [1.807, 2.05) is 0 Å². The second kappa shape index (κ2) is 5.45. The van der Waals surface area contributed by atoms with Crippen LogP contribution in [0.5, 0.6) is 5.75 Å². The number of ether oxygens (including phenoxy) is 1. The summed E-state index contributed by atoms with van der Waals surface area (Å²) in [6.07, 6.45) is -6.87. The third kappa shape index (κ3) is 3.94. The van der Waals surface area contributed by atoms with E-state index in [0.717, 1.165) is 11.8 Å². The van der Waals surface area contributed by atoms with Gasteiger partial charge in [0.1, 0.15) is 5.75 Å². The van der Waals surface area contributed by atoms with Crippen molar-refractivity contribution in [2.24, 2.45) is 0 Å². The first kappa shape index (κ1) is 13.2. The van der Waals surface area contributed by atoms with Crippen LogP contribution in [0.3, 0.4) is 0 Å². The van der Waals surface area contributed by atoms with Crippen LogP contribution in [0.1, 0.15) is 0 Å². The highest BCUT2D eigenvalue weighted by Crippen LogP contribution is 2.28. The fourth-order valence-electron chi connectivity index (χ4n) is 0.961. The quantitative estimate of drug-likeness (QED) is 0.835. The van der Waals surface area contributed by atoms with Crippen LogP contribution in [0, 0.1) is 0 Å². The molecule has 6 heteroatoms. The van der Waals surface area contributed by atoms with Crippen LogP contribution >= 0.6 is 11.8 Å². The first-order valence-electron chi connectivity index (χ1n) is 4.45. The van der Waals surface area contributed by atoms with Gasteiger partial charge in [-0.2, -0.15) is 13.2 Å². The molecule has 1 N–H and O–H groups in total.